The normalized spacial score (nSPS) is 11.9. The summed E-state index contributed by atoms with van der Waals surface area (Å²) >= 11 is 5.94. The monoisotopic (exact) mass is 292 g/mol. The van der Waals surface area contributed by atoms with Crippen molar-refractivity contribution in [2.45, 2.75) is 6.10 Å². The Kier molecular flexibility index (Phi) is 4.30. The zero-order valence-electron chi connectivity index (χ0n) is 10.2. The zero-order valence-corrected chi connectivity index (χ0v) is 11.0. The molecule has 0 fully saturated rings. The number of aliphatic hydroxyl groups is 2. The Morgan fingerprint density at radius 2 is 2.15 bits per heavy atom. The summed E-state index contributed by atoms with van der Waals surface area (Å²) in [5.74, 6) is -0.718. The first kappa shape index (κ1) is 14.4. The summed E-state index contributed by atoms with van der Waals surface area (Å²) in [6, 6.07) is 6.49. The van der Waals surface area contributed by atoms with Crippen molar-refractivity contribution in [3.05, 3.63) is 52.6 Å². The third-order valence-corrected chi connectivity index (χ3v) is 3.16. The van der Waals surface area contributed by atoms with Crippen molar-refractivity contribution in [3.63, 3.8) is 0 Å². The van der Waals surface area contributed by atoms with Gasteiger partial charge in [0.2, 0.25) is 0 Å². The van der Waals surface area contributed by atoms with Crippen molar-refractivity contribution in [1.29, 1.82) is 5.26 Å². The minimum absolute atomic E-state index is 0.0525. The minimum atomic E-state index is -1.36. The van der Waals surface area contributed by atoms with Gasteiger partial charge in [0.1, 0.15) is 18.0 Å². The summed E-state index contributed by atoms with van der Waals surface area (Å²) in [5, 5.41) is 27.8. The molecule has 2 rings (SSSR count). The van der Waals surface area contributed by atoms with Crippen LogP contribution in [-0.4, -0.2) is 21.8 Å². The predicted molar refractivity (Wildman–Crippen MR) is 71.4 cm³/mol. The standard InChI is InChI=1S/C14H10ClFN2O2/c15-11-3-8(1-2-9(11)4-17)10-5-18-6-12(16)14(10)13(20)7-19/h1-3,5-6,13,19-20H,7H2/t13-/m0/s1. The summed E-state index contributed by atoms with van der Waals surface area (Å²) in [4.78, 5) is 3.73. The van der Waals surface area contributed by atoms with E-state index in [1.165, 1.54) is 18.3 Å². The van der Waals surface area contributed by atoms with Crippen molar-refractivity contribution in [2.24, 2.45) is 0 Å². The van der Waals surface area contributed by atoms with Gasteiger partial charge >= 0.3 is 0 Å². The molecule has 0 saturated heterocycles. The number of hydrogen-bond donors (Lipinski definition) is 2. The number of aromatic nitrogens is 1. The van der Waals surface area contributed by atoms with Gasteiger partial charge in [0, 0.05) is 17.3 Å². The molecule has 0 spiro atoms. The molecule has 0 aliphatic heterocycles. The van der Waals surface area contributed by atoms with Crippen molar-refractivity contribution in [1.82, 2.24) is 4.98 Å². The molecule has 102 valence electrons. The van der Waals surface area contributed by atoms with Crippen molar-refractivity contribution >= 4 is 11.6 Å². The minimum Gasteiger partial charge on any atom is -0.393 e. The Balaban J connectivity index is 2.61. The second-order valence-corrected chi connectivity index (χ2v) is 4.49. The molecule has 0 radical (unpaired) electrons. The lowest BCUT2D eigenvalue weighted by molar-refractivity contribution is 0.0929. The number of halogens is 2. The van der Waals surface area contributed by atoms with Gasteiger partial charge in [-0.3, -0.25) is 4.98 Å². The summed E-state index contributed by atoms with van der Waals surface area (Å²) in [5.41, 5.74) is 1.06. The maximum Gasteiger partial charge on any atom is 0.147 e. The summed E-state index contributed by atoms with van der Waals surface area (Å²) in [6.07, 6.45) is 0.972. The largest absolute Gasteiger partial charge is 0.393 e. The molecule has 1 aromatic heterocycles. The summed E-state index contributed by atoms with van der Waals surface area (Å²) in [7, 11) is 0. The Labute approximate surface area is 119 Å². The van der Waals surface area contributed by atoms with Crippen LogP contribution in [0.25, 0.3) is 11.1 Å². The van der Waals surface area contributed by atoms with Crippen LogP contribution in [0.1, 0.15) is 17.2 Å². The maximum atomic E-state index is 13.8. The van der Waals surface area contributed by atoms with E-state index in [9.17, 15) is 9.50 Å². The zero-order chi connectivity index (χ0) is 14.7. The lowest BCUT2D eigenvalue weighted by atomic mass is 9.97. The highest BCUT2D eigenvalue weighted by molar-refractivity contribution is 6.32. The number of hydrogen-bond acceptors (Lipinski definition) is 4. The van der Waals surface area contributed by atoms with Crippen LogP contribution in [0, 0.1) is 17.1 Å². The lowest BCUT2D eigenvalue weighted by Crippen LogP contribution is -2.08. The highest BCUT2D eigenvalue weighted by Crippen LogP contribution is 2.31. The lowest BCUT2D eigenvalue weighted by Gasteiger charge is -2.14. The SMILES string of the molecule is N#Cc1ccc(-c2cncc(F)c2[C@@H](O)CO)cc1Cl. The second-order valence-electron chi connectivity index (χ2n) is 4.09. The first-order chi connectivity index (χ1) is 9.58. The van der Waals surface area contributed by atoms with E-state index in [4.69, 9.17) is 22.0 Å². The molecule has 2 aromatic rings. The Hall–Kier alpha value is -2.00. The number of benzene rings is 1. The first-order valence-corrected chi connectivity index (χ1v) is 6.08. The molecular weight excluding hydrogens is 283 g/mol. The molecule has 0 amide bonds. The van der Waals surface area contributed by atoms with Crippen LogP contribution in [0.2, 0.25) is 5.02 Å². The van der Waals surface area contributed by atoms with Crippen LogP contribution >= 0.6 is 11.6 Å². The molecule has 0 saturated carbocycles. The smallest absolute Gasteiger partial charge is 0.147 e. The fourth-order valence-corrected chi connectivity index (χ4v) is 2.10. The van der Waals surface area contributed by atoms with E-state index in [0.29, 0.717) is 16.7 Å². The van der Waals surface area contributed by atoms with Crippen molar-refractivity contribution in [3.8, 4) is 17.2 Å². The molecule has 1 aromatic carbocycles. The molecule has 6 heteroatoms. The van der Waals surface area contributed by atoms with Gasteiger partial charge in [-0.1, -0.05) is 17.7 Å². The van der Waals surface area contributed by atoms with Crippen LogP contribution in [-0.2, 0) is 0 Å². The quantitative estimate of drug-likeness (QED) is 0.911. The van der Waals surface area contributed by atoms with Crippen LogP contribution in [0.5, 0.6) is 0 Å². The molecule has 0 aliphatic carbocycles. The number of aliphatic hydroxyl groups excluding tert-OH is 2. The van der Waals surface area contributed by atoms with E-state index in [1.54, 1.807) is 6.07 Å². The molecule has 1 atom stereocenters. The summed E-state index contributed by atoms with van der Waals surface area (Å²) < 4.78 is 13.8. The van der Waals surface area contributed by atoms with Crippen molar-refractivity contribution < 1.29 is 14.6 Å². The molecule has 0 bridgehead atoms. The predicted octanol–water partition coefficient (Wildman–Crippen LogP) is 2.44. The number of rotatable bonds is 3. The van der Waals surface area contributed by atoms with Gasteiger partial charge in [0.25, 0.3) is 0 Å². The van der Waals surface area contributed by atoms with E-state index < -0.39 is 18.5 Å². The third kappa shape index (κ3) is 2.63. The van der Waals surface area contributed by atoms with E-state index in [2.05, 4.69) is 4.98 Å². The van der Waals surface area contributed by atoms with Crippen LogP contribution < -0.4 is 0 Å². The third-order valence-electron chi connectivity index (χ3n) is 2.85. The van der Waals surface area contributed by atoms with Crippen LogP contribution in [0.4, 0.5) is 4.39 Å². The van der Waals surface area contributed by atoms with E-state index in [-0.39, 0.29) is 10.6 Å². The van der Waals surface area contributed by atoms with Gasteiger partial charge in [-0.15, -0.1) is 0 Å². The Morgan fingerprint density at radius 1 is 1.40 bits per heavy atom. The number of pyridine rings is 1. The van der Waals surface area contributed by atoms with Crippen LogP contribution in [0.15, 0.2) is 30.6 Å². The molecule has 2 N–H and O–H groups in total. The van der Waals surface area contributed by atoms with Gasteiger partial charge in [-0.2, -0.15) is 5.26 Å². The van der Waals surface area contributed by atoms with Crippen LogP contribution in [0.3, 0.4) is 0 Å². The van der Waals surface area contributed by atoms with E-state index in [1.807, 2.05) is 6.07 Å². The molecule has 20 heavy (non-hydrogen) atoms. The van der Waals surface area contributed by atoms with Crippen molar-refractivity contribution in [2.75, 3.05) is 6.61 Å². The van der Waals surface area contributed by atoms with Gasteiger partial charge < -0.3 is 10.2 Å². The fraction of sp³-hybridized carbons (Fsp3) is 0.143. The van der Waals surface area contributed by atoms with E-state index in [0.717, 1.165) is 6.20 Å². The topological polar surface area (TPSA) is 77.1 Å². The molecule has 0 unspecified atom stereocenters. The highest BCUT2D eigenvalue weighted by Gasteiger charge is 2.18. The summed E-state index contributed by atoms with van der Waals surface area (Å²) in [6.45, 7) is -0.613. The number of nitriles is 1. The average Bonchev–Trinajstić information content (AvgIpc) is 2.46. The maximum absolute atomic E-state index is 13.8. The van der Waals surface area contributed by atoms with Gasteiger partial charge in [-0.05, 0) is 17.7 Å². The van der Waals surface area contributed by atoms with E-state index >= 15 is 0 Å². The molecule has 0 aliphatic rings. The highest BCUT2D eigenvalue weighted by atomic mass is 35.5. The van der Waals surface area contributed by atoms with Gasteiger partial charge in [0.05, 0.1) is 23.4 Å². The molecule has 4 nitrogen and oxygen atoms in total. The molecular formula is C14H10ClFN2O2. The Bertz CT molecular complexity index is 685. The Morgan fingerprint density at radius 3 is 2.75 bits per heavy atom. The average molecular weight is 293 g/mol. The first-order valence-electron chi connectivity index (χ1n) is 5.70. The van der Waals surface area contributed by atoms with Gasteiger partial charge in [-0.25, -0.2) is 4.39 Å². The number of nitrogens with zero attached hydrogens (tertiary/aromatic N) is 2. The fourth-order valence-electron chi connectivity index (χ4n) is 1.88. The second kappa shape index (κ2) is 5.97. The molecule has 1 heterocycles. The van der Waals surface area contributed by atoms with Gasteiger partial charge in [0.15, 0.2) is 0 Å².